The fourth-order valence-electron chi connectivity index (χ4n) is 3.22. The third-order valence-electron chi connectivity index (χ3n) is 4.66. The second-order valence-electron chi connectivity index (χ2n) is 6.28. The monoisotopic (exact) mass is 249 g/mol. The van der Waals surface area contributed by atoms with Gasteiger partial charge in [-0.25, -0.2) is 0 Å². The van der Waals surface area contributed by atoms with E-state index in [2.05, 4.69) is 29.3 Å². The molecular formula is C14H23N3O. The van der Waals surface area contributed by atoms with Crippen LogP contribution in [0.4, 0.5) is 0 Å². The average Bonchev–Trinajstić information content (AvgIpc) is 2.99. The van der Waals surface area contributed by atoms with Crippen molar-refractivity contribution in [2.24, 2.45) is 5.92 Å². The van der Waals surface area contributed by atoms with Gasteiger partial charge in [-0.1, -0.05) is 24.9 Å². The summed E-state index contributed by atoms with van der Waals surface area (Å²) in [7, 11) is 0. The van der Waals surface area contributed by atoms with Crippen molar-refractivity contribution in [3.05, 3.63) is 11.7 Å². The number of nitrogens with one attached hydrogen (secondary N) is 1. The van der Waals surface area contributed by atoms with Gasteiger partial charge in [0.1, 0.15) is 0 Å². The van der Waals surface area contributed by atoms with Crippen LogP contribution in [-0.2, 0) is 5.54 Å². The van der Waals surface area contributed by atoms with Crippen LogP contribution in [0.3, 0.4) is 0 Å². The van der Waals surface area contributed by atoms with Crippen LogP contribution in [0.15, 0.2) is 4.52 Å². The van der Waals surface area contributed by atoms with Crippen molar-refractivity contribution in [1.82, 2.24) is 15.5 Å². The van der Waals surface area contributed by atoms with Crippen molar-refractivity contribution in [3.63, 3.8) is 0 Å². The van der Waals surface area contributed by atoms with Crippen LogP contribution in [0.2, 0.25) is 0 Å². The van der Waals surface area contributed by atoms with Crippen molar-refractivity contribution in [1.29, 1.82) is 0 Å². The molecule has 1 aliphatic carbocycles. The van der Waals surface area contributed by atoms with Crippen LogP contribution >= 0.6 is 0 Å². The van der Waals surface area contributed by atoms with Gasteiger partial charge >= 0.3 is 0 Å². The molecule has 0 aromatic carbocycles. The third kappa shape index (κ3) is 2.18. The minimum Gasteiger partial charge on any atom is -0.337 e. The highest BCUT2D eigenvalue weighted by atomic mass is 16.5. The van der Waals surface area contributed by atoms with Crippen LogP contribution in [0, 0.1) is 5.92 Å². The molecule has 2 heterocycles. The number of hydrogen-bond donors (Lipinski definition) is 1. The lowest BCUT2D eigenvalue weighted by molar-refractivity contribution is 0.271. The molecule has 1 unspecified atom stereocenters. The summed E-state index contributed by atoms with van der Waals surface area (Å²) in [6.45, 7) is 5.55. The summed E-state index contributed by atoms with van der Waals surface area (Å²) in [5.41, 5.74) is -0.0901. The van der Waals surface area contributed by atoms with E-state index in [1.807, 2.05) is 0 Å². The molecule has 0 radical (unpaired) electrons. The molecule has 2 fully saturated rings. The highest BCUT2D eigenvalue weighted by Crippen LogP contribution is 2.36. The first-order chi connectivity index (χ1) is 8.67. The zero-order valence-corrected chi connectivity index (χ0v) is 11.4. The number of rotatable bonds is 2. The van der Waals surface area contributed by atoms with Crippen molar-refractivity contribution in [3.8, 4) is 0 Å². The van der Waals surface area contributed by atoms with Gasteiger partial charge in [0.15, 0.2) is 5.82 Å². The summed E-state index contributed by atoms with van der Waals surface area (Å²) in [6.07, 6.45) is 7.30. The summed E-state index contributed by atoms with van der Waals surface area (Å²) < 4.78 is 5.51. The largest absolute Gasteiger partial charge is 0.337 e. The minimum absolute atomic E-state index is 0.0901. The molecule has 1 aromatic heterocycles. The summed E-state index contributed by atoms with van der Waals surface area (Å²) in [6, 6.07) is 0. The van der Waals surface area contributed by atoms with Gasteiger partial charge in [0.05, 0.1) is 5.54 Å². The van der Waals surface area contributed by atoms with E-state index in [1.54, 1.807) is 0 Å². The second kappa shape index (κ2) is 4.65. The molecule has 4 nitrogen and oxygen atoms in total. The van der Waals surface area contributed by atoms with Gasteiger partial charge in [0.25, 0.3) is 0 Å². The molecule has 0 amide bonds. The van der Waals surface area contributed by atoms with Crippen LogP contribution in [0.25, 0.3) is 0 Å². The van der Waals surface area contributed by atoms with Crippen LogP contribution in [0.1, 0.15) is 70.0 Å². The van der Waals surface area contributed by atoms with Crippen LogP contribution < -0.4 is 5.32 Å². The zero-order valence-electron chi connectivity index (χ0n) is 11.4. The summed E-state index contributed by atoms with van der Waals surface area (Å²) in [5, 5.41) is 7.70. The van der Waals surface area contributed by atoms with Crippen molar-refractivity contribution in [2.75, 3.05) is 6.54 Å². The molecule has 0 bridgehead atoms. The fourth-order valence-corrected chi connectivity index (χ4v) is 3.22. The second-order valence-corrected chi connectivity index (χ2v) is 6.28. The van der Waals surface area contributed by atoms with Crippen LogP contribution in [0.5, 0.6) is 0 Å². The Labute approximate surface area is 109 Å². The van der Waals surface area contributed by atoms with E-state index in [9.17, 15) is 0 Å². The molecule has 3 rings (SSSR count). The fraction of sp³-hybridized carbons (Fsp3) is 0.857. The summed E-state index contributed by atoms with van der Waals surface area (Å²) >= 11 is 0. The molecule has 1 aliphatic heterocycles. The molecule has 1 aromatic rings. The van der Waals surface area contributed by atoms with Gasteiger partial charge < -0.3 is 9.84 Å². The number of nitrogens with zero attached hydrogens (tertiary/aromatic N) is 2. The van der Waals surface area contributed by atoms with E-state index >= 15 is 0 Å². The van der Waals surface area contributed by atoms with Crippen LogP contribution in [-0.4, -0.2) is 16.7 Å². The maximum absolute atomic E-state index is 5.51. The topological polar surface area (TPSA) is 51.0 Å². The first-order valence-corrected chi connectivity index (χ1v) is 7.26. The van der Waals surface area contributed by atoms with Gasteiger partial charge in [-0.3, -0.25) is 0 Å². The molecule has 1 saturated carbocycles. The highest BCUT2D eigenvalue weighted by Gasteiger charge is 2.36. The van der Waals surface area contributed by atoms with E-state index in [4.69, 9.17) is 4.52 Å². The van der Waals surface area contributed by atoms with E-state index in [0.29, 0.717) is 5.92 Å². The zero-order chi connectivity index (χ0) is 12.6. The summed E-state index contributed by atoms with van der Waals surface area (Å²) in [4.78, 5) is 4.67. The Hall–Kier alpha value is -0.900. The Bertz CT molecular complexity index is 401. The van der Waals surface area contributed by atoms with E-state index in [0.717, 1.165) is 30.6 Å². The summed E-state index contributed by atoms with van der Waals surface area (Å²) in [5.74, 6) is 3.10. The molecule has 2 aliphatic rings. The standard InChI is InChI=1S/C14H23N3O/c1-10-4-6-11(7-5-10)12-16-13(18-17-12)14(2)8-3-9-15-14/h10-11,15H,3-9H2,1-2H3. The predicted octanol–water partition coefficient (Wildman–Crippen LogP) is 2.96. The normalized spacial score (nSPS) is 37.0. The van der Waals surface area contributed by atoms with Gasteiger partial charge in [-0.15, -0.1) is 0 Å². The first kappa shape index (κ1) is 12.2. The molecule has 1 N–H and O–H groups in total. The quantitative estimate of drug-likeness (QED) is 0.875. The molecule has 0 spiro atoms. The molecule has 1 atom stereocenters. The van der Waals surface area contributed by atoms with Gasteiger partial charge in [0.2, 0.25) is 5.89 Å². The lowest BCUT2D eigenvalue weighted by Crippen LogP contribution is -2.33. The third-order valence-corrected chi connectivity index (χ3v) is 4.66. The number of aromatic nitrogens is 2. The van der Waals surface area contributed by atoms with E-state index in [1.165, 1.54) is 32.1 Å². The maximum atomic E-state index is 5.51. The Kier molecular flexibility index (Phi) is 3.14. The molecule has 4 heteroatoms. The van der Waals surface area contributed by atoms with Gasteiger partial charge in [0, 0.05) is 5.92 Å². The predicted molar refractivity (Wildman–Crippen MR) is 69.3 cm³/mol. The first-order valence-electron chi connectivity index (χ1n) is 7.26. The number of hydrogen-bond acceptors (Lipinski definition) is 4. The lowest BCUT2D eigenvalue weighted by atomic mass is 9.83. The Morgan fingerprint density at radius 2 is 2.06 bits per heavy atom. The smallest absolute Gasteiger partial charge is 0.246 e. The molecule has 100 valence electrons. The van der Waals surface area contributed by atoms with E-state index in [-0.39, 0.29) is 5.54 Å². The highest BCUT2D eigenvalue weighted by molar-refractivity contribution is 5.06. The Balaban J connectivity index is 1.73. The van der Waals surface area contributed by atoms with Crippen molar-refractivity contribution < 1.29 is 4.52 Å². The Morgan fingerprint density at radius 1 is 1.28 bits per heavy atom. The van der Waals surface area contributed by atoms with Crippen molar-refractivity contribution >= 4 is 0 Å². The Morgan fingerprint density at radius 3 is 2.72 bits per heavy atom. The van der Waals surface area contributed by atoms with E-state index < -0.39 is 0 Å². The molecule has 1 saturated heterocycles. The molecular weight excluding hydrogens is 226 g/mol. The maximum Gasteiger partial charge on any atom is 0.246 e. The SMILES string of the molecule is CC1CCC(c2noc(C3(C)CCCN3)n2)CC1. The van der Waals surface area contributed by atoms with Crippen molar-refractivity contribution in [2.45, 2.75) is 63.8 Å². The minimum atomic E-state index is -0.0901. The average molecular weight is 249 g/mol. The lowest BCUT2D eigenvalue weighted by Gasteiger charge is -2.23. The molecule has 18 heavy (non-hydrogen) atoms. The van der Waals surface area contributed by atoms with Gasteiger partial charge in [-0.2, -0.15) is 4.98 Å². The van der Waals surface area contributed by atoms with Gasteiger partial charge in [-0.05, 0) is 45.1 Å².